The van der Waals surface area contributed by atoms with Gasteiger partial charge in [0.15, 0.2) is 5.79 Å². The van der Waals surface area contributed by atoms with E-state index in [9.17, 15) is 0 Å². The normalized spacial score (nSPS) is 20.8. The zero-order chi connectivity index (χ0) is 25.5. The van der Waals surface area contributed by atoms with Crippen molar-refractivity contribution >= 4 is 18.7 Å². The van der Waals surface area contributed by atoms with Crippen LogP contribution in [0.5, 0.6) is 0 Å². The van der Waals surface area contributed by atoms with Crippen LogP contribution in [-0.4, -0.2) is 40.5 Å². The second-order valence-electron chi connectivity index (χ2n) is 10.9. The van der Waals surface area contributed by atoms with E-state index >= 15 is 0 Å². The second-order valence-corrected chi connectivity index (χ2v) is 15.2. The Hall–Kier alpha value is -2.28. The molecule has 0 N–H and O–H groups in total. The molecule has 0 aliphatic carbocycles. The van der Waals surface area contributed by atoms with Crippen molar-refractivity contribution in [3.8, 4) is 0 Å². The highest BCUT2D eigenvalue weighted by atomic mass is 28.4. The van der Waals surface area contributed by atoms with E-state index in [1.54, 1.807) is 0 Å². The van der Waals surface area contributed by atoms with Crippen molar-refractivity contribution in [2.45, 2.75) is 51.5 Å². The Labute approximate surface area is 217 Å². The highest BCUT2D eigenvalue weighted by Crippen LogP contribution is 2.38. The van der Waals surface area contributed by atoms with Gasteiger partial charge in [0.1, 0.15) is 0 Å². The van der Waals surface area contributed by atoms with Crippen molar-refractivity contribution in [1.82, 2.24) is 0 Å². The molecule has 1 saturated heterocycles. The van der Waals surface area contributed by atoms with Gasteiger partial charge in [-0.15, -0.1) is 0 Å². The van der Waals surface area contributed by atoms with E-state index in [2.05, 4.69) is 93.6 Å². The SMILES string of the molecule is CC1(CO[Si](c2ccccc2)(c2ccccc2)C(C)(C)C)OCC(CCOCc2ccccc2)CO1. The highest BCUT2D eigenvalue weighted by Gasteiger charge is 2.51. The van der Waals surface area contributed by atoms with E-state index in [1.807, 2.05) is 25.1 Å². The van der Waals surface area contributed by atoms with Crippen LogP contribution in [0.25, 0.3) is 0 Å². The fourth-order valence-corrected chi connectivity index (χ4v) is 9.58. The van der Waals surface area contributed by atoms with Crippen molar-refractivity contribution in [2.75, 3.05) is 26.4 Å². The van der Waals surface area contributed by atoms with E-state index in [-0.39, 0.29) is 5.04 Å². The summed E-state index contributed by atoms with van der Waals surface area (Å²) in [6.07, 6.45) is 0.915. The summed E-state index contributed by atoms with van der Waals surface area (Å²) in [6, 6.07) is 31.7. The monoisotopic (exact) mass is 504 g/mol. The summed E-state index contributed by atoms with van der Waals surface area (Å²) in [5, 5.41) is 2.44. The van der Waals surface area contributed by atoms with E-state index < -0.39 is 14.1 Å². The third-order valence-corrected chi connectivity index (χ3v) is 12.0. The van der Waals surface area contributed by atoms with Gasteiger partial charge in [0.25, 0.3) is 8.32 Å². The molecule has 4 nitrogen and oxygen atoms in total. The maximum Gasteiger partial charge on any atom is 0.261 e. The minimum atomic E-state index is -2.64. The van der Waals surface area contributed by atoms with Crippen LogP contribution in [0.1, 0.15) is 39.7 Å². The topological polar surface area (TPSA) is 36.9 Å². The molecule has 0 radical (unpaired) electrons. The molecule has 4 rings (SSSR count). The van der Waals surface area contributed by atoms with Crippen LogP contribution in [0.3, 0.4) is 0 Å². The average molecular weight is 505 g/mol. The minimum absolute atomic E-state index is 0.0840. The molecule has 36 heavy (non-hydrogen) atoms. The summed E-state index contributed by atoms with van der Waals surface area (Å²) in [5.74, 6) is -0.448. The van der Waals surface area contributed by atoms with Gasteiger partial charge in [0, 0.05) is 12.5 Å². The maximum atomic E-state index is 7.06. The smallest absolute Gasteiger partial charge is 0.261 e. The van der Waals surface area contributed by atoms with Gasteiger partial charge in [-0.3, -0.25) is 0 Å². The Morgan fingerprint density at radius 3 is 1.81 bits per heavy atom. The van der Waals surface area contributed by atoms with Gasteiger partial charge in [-0.25, -0.2) is 0 Å². The Kier molecular flexibility index (Phi) is 8.81. The molecular weight excluding hydrogens is 464 g/mol. The summed E-state index contributed by atoms with van der Waals surface area (Å²) in [7, 11) is -2.64. The number of rotatable bonds is 10. The average Bonchev–Trinajstić information content (AvgIpc) is 2.89. The van der Waals surface area contributed by atoms with Gasteiger partial charge in [-0.2, -0.15) is 0 Å². The first-order valence-electron chi connectivity index (χ1n) is 13.0. The molecule has 3 aromatic carbocycles. The molecule has 5 heteroatoms. The largest absolute Gasteiger partial charge is 0.402 e. The molecule has 0 aromatic heterocycles. The van der Waals surface area contributed by atoms with Gasteiger partial charge in [-0.05, 0) is 34.3 Å². The molecule has 1 aliphatic rings. The second kappa shape index (κ2) is 11.8. The summed E-state index contributed by atoms with van der Waals surface area (Å²) in [4.78, 5) is 0. The zero-order valence-electron chi connectivity index (χ0n) is 22.1. The minimum Gasteiger partial charge on any atom is -0.402 e. The fraction of sp³-hybridized carbons (Fsp3) is 0.419. The molecule has 0 bridgehead atoms. The van der Waals surface area contributed by atoms with Crippen LogP contribution in [-0.2, 0) is 25.2 Å². The van der Waals surface area contributed by atoms with E-state index in [1.165, 1.54) is 15.9 Å². The fourth-order valence-electron chi connectivity index (χ4n) is 4.94. The molecule has 1 aliphatic heterocycles. The molecule has 1 heterocycles. The highest BCUT2D eigenvalue weighted by molar-refractivity contribution is 6.99. The van der Waals surface area contributed by atoms with Crippen molar-refractivity contribution < 1.29 is 18.6 Å². The van der Waals surface area contributed by atoms with Crippen LogP contribution >= 0.6 is 0 Å². The summed E-state index contributed by atoms with van der Waals surface area (Å²) in [5.41, 5.74) is 1.20. The number of hydrogen-bond donors (Lipinski definition) is 0. The van der Waals surface area contributed by atoms with Crippen molar-refractivity contribution in [3.63, 3.8) is 0 Å². The Balaban J connectivity index is 1.39. The van der Waals surface area contributed by atoms with E-state index in [0.717, 1.165) is 6.42 Å². The predicted molar refractivity (Wildman–Crippen MR) is 148 cm³/mol. The number of hydrogen-bond acceptors (Lipinski definition) is 4. The Morgan fingerprint density at radius 2 is 1.31 bits per heavy atom. The lowest BCUT2D eigenvalue weighted by Crippen LogP contribution is -2.68. The number of benzene rings is 3. The lowest BCUT2D eigenvalue weighted by Gasteiger charge is -2.46. The summed E-state index contributed by atoms with van der Waals surface area (Å²) < 4.78 is 25.5. The molecule has 1 fully saturated rings. The summed E-state index contributed by atoms with van der Waals surface area (Å²) >= 11 is 0. The van der Waals surface area contributed by atoms with E-state index in [0.29, 0.717) is 39.0 Å². The molecule has 0 unspecified atom stereocenters. The van der Waals surface area contributed by atoms with Gasteiger partial charge in [0.2, 0.25) is 0 Å². The van der Waals surface area contributed by atoms with Crippen molar-refractivity contribution in [2.24, 2.45) is 5.92 Å². The Morgan fingerprint density at radius 1 is 0.806 bits per heavy atom. The lowest BCUT2D eigenvalue weighted by molar-refractivity contribution is -0.285. The Bertz CT molecular complexity index is 1000. The van der Waals surface area contributed by atoms with Gasteiger partial charge in [-0.1, -0.05) is 112 Å². The van der Waals surface area contributed by atoms with Crippen molar-refractivity contribution in [1.29, 1.82) is 0 Å². The van der Waals surface area contributed by atoms with Crippen LogP contribution in [0.4, 0.5) is 0 Å². The molecule has 192 valence electrons. The van der Waals surface area contributed by atoms with Crippen LogP contribution in [0, 0.1) is 5.92 Å². The quantitative estimate of drug-likeness (QED) is 0.268. The summed E-state index contributed by atoms with van der Waals surface area (Å²) in [6.45, 7) is 11.9. The van der Waals surface area contributed by atoms with Gasteiger partial charge in [0.05, 0.1) is 26.4 Å². The van der Waals surface area contributed by atoms with Gasteiger partial charge < -0.3 is 18.6 Å². The number of ether oxygens (including phenoxy) is 3. The van der Waals surface area contributed by atoms with Crippen LogP contribution in [0.15, 0.2) is 91.0 Å². The van der Waals surface area contributed by atoms with Crippen LogP contribution in [0.2, 0.25) is 5.04 Å². The van der Waals surface area contributed by atoms with Crippen molar-refractivity contribution in [3.05, 3.63) is 96.6 Å². The van der Waals surface area contributed by atoms with E-state index in [4.69, 9.17) is 18.6 Å². The van der Waals surface area contributed by atoms with Gasteiger partial charge >= 0.3 is 0 Å². The molecule has 3 aromatic rings. The first-order valence-corrected chi connectivity index (χ1v) is 14.9. The zero-order valence-corrected chi connectivity index (χ0v) is 23.1. The molecule has 0 spiro atoms. The predicted octanol–water partition coefficient (Wildman–Crippen LogP) is 5.55. The molecule has 0 saturated carbocycles. The lowest BCUT2D eigenvalue weighted by atomic mass is 10.1. The maximum absolute atomic E-state index is 7.06. The molecular formula is C31H40O4Si. The third-order valence-electron chi connectivity index (χ3n) is 7.00. The standard InChI is InChI=1S/C31H40O4Si/c1-30(2,3)36(28-16-10-6-11-17-28,29-18-12-7-13-19-29)35-25-31(4)33-23-27(24-34-31)20-21-32-22-26-14-8-5-9-15-26/h5-19,27H,20-25H2,1-4H3. The molecule has 0 amide bonds. The van der Waals surface area contributed by atoms with Crippen LogP contribution < -0.4 is 10.4 Å². The first-order chi connectivity index (χ1) is 17.3. The molecule has 0 atom stereocenters. The third kappa shape index (κ3) is 6.34. The first kappa shape index (κ1) is 26.8.